The molecule has 0 saturated carbocycles. The number of amides is 1. The van der Waals surface area contributed by atoms with Crippen molar-refractivity contribution in [2.75, 3.05) is 13.6 Å². The SMILES string of the molecule is CN1CC(C(=O)O)c2ccccc2C1=O. The number of carbonyl (C=O) groups excluding carboxylic acids is 1. The first-order valence-electron chi connectivity index (χ1n) is 4.68. The van der Waals surface area contributed by atoms with Gasteiger partial charge in [0.05, 0.1) is 0 Å². The molecule has 0 fully saturated rings. The highest BCUT2D eigenvalue weighted by atomic mass is 16.4. The van der Waals surface area contributed by atoms with Crippen molar-refractivity contribution in [3.63, 3.8) is 0 Å². The maximum absolute atomic E-state index is 11.7. The largest absolute Gasteiger partial charge is 0.481 e. The minimum atomic E-state index is -0.887. The summed E-state index contributed by atoms with van der Waals surface area (Å²) in [5.74, 6) is -1.60. The number of carbonyl (C=O) groups is 2. The minimum Gasteiger partial charge on any atom is -0.481 e. The summed E-state index contributed by atoms with van der Waals surface area (Å²) in [7, 11) is 1.62. The van der Waals surface area contributed by atoms with Gasteiger partial charge in [0, 0.05) is 19.2 Å². The third-order valence-corrected chi connectivity index (χ3v) is 2.67. The van der Waals surface area contributed by atoms with Crippen LogP contribution in [-0.4, -0.2) is 35.5 Å². The number of hydrogen-bond donors (Lipinski definition) is 1. The summed E-state index contributed by atoms with van der Waals surface area (Å²) in [6.07, 6.45) is 0. The van der Waals surface area contributed by atoms with E-state index in [4.69, 9.17) is 5.11 Å². The molecule has 78 valence electrons. The Bertz CT molecular complexity index is 428. The van der Waals surface area contributed by atoms with Gasteiger partial charge in [-0.3, -0.25) is 9.59 Å². The molecule has 1 N–H and O–H groups in total. The second-order valence-corrected chi connectivity index (χ2v) is 3.66. The predicted octanol–water partition coefficient (Wildman–Crippen LogP) is 0.940. The molecule has 0 aliphatic carbocycles. The molecule has 1 aromatic carbocycles. The van der Waals surface area contributed by atoms with Crippen molar-refractivity contribution >= 4 is 11.9 Å². The van der Waals surface area contributed by atoms with Gasteiger partial charge in [-0.2, -0.15) is 0 Å². The van der Waals surface area contributed by atoms with Crippen LogP contribution in [0.25, 0.3) is 0 Å². The maximum Gasteiger partial charge on any atom is 0.312 e. The molecule has 0 radical (unpaired) electrons. The van der Waals surface area contributed by atoms with Crippen molar-refractivity contribution in [1.29, 1.82) is 0 Å². The lowest BCUT2D eigenvalue weighted by molar-refractivity contribution is -0.139. The number of carboxylic acid groups (broad SMARTS) is 1. The van der Waals surface area contributed by atoms with Gasteiger partial charge in [-0.1, -0.05) is 18.2 Å². The van der Waals surface area contributed by atoms with Crippen LogP contribution in [0.4, 0.5) is 0 Å². The molecule has 15 heavy (non-hydrogen) atoms. The monoisotopic (exact) mass is 205 g/mol. The highest BCUT2D eigenvalue weighted by molar-refractivity contribution is 5.99. The lowest BCUT2D eigenvalue weighted by Crippen LogP contribution is -2.39. The minimum absolute atomic E-state index is 0.108. The van der Waals surface area contributed by atoms with Crippen molar-refractivity contribution in [3.05, 3.63) is 35.4 Å². The number of fused-ring (bicyclic) bond motifs is 1. The Morgan fingerprint density at radius 1 is 1.47 bits per heavy atom. The number of carboxylic acids is 1. The topological polar surface area (TPSA) is 57.6 Å². The van der Waals surface area contributed by atoms with E-state index in [0.717, 1.165) is 0 Å². The zero-order valence-corrected chi connectivity index (χ0v) is 8.30. The molecule has 1 atom stereocenters. The van der Waals surface area contributed by atoms with Gasteiger partial charge < -0.3 is 10.0 Å². The van der Waals surface area contributed by atoms with E-state index >= 15 is 0 Å². The molecule has 1 aromatic rings. The number of nitrogens with zero attached hydrogens (tertiary/aromatic N) is 1. The maximum atomic E-state index is 11.7. The van der Waals surface area contributed by atoms with E-state index in [2.05, 4.69) is 0 Å². The average Bonchev–Trinajstić information content (AvgIpc) is 2.23. The van der Waals surface area contributed by atoms with Crippen molar-refractivity contribution < 1.29 is 14.7 Å². The standard InChI is InChI=1S/C11H11NO3/c1-12-6-9(11(14)15)7-4-2-3-5-8(7)10(12)13/h2-5,9H,6H2,1H3,(H,14,15). The Kier molecular flexibility index (Phi) is 2.19. The molecule has 1 amide bonds. The third kappa shape index (κ3) is 1.48. The lowest BCUT2D eigenvalue weighted by atomic mass is 9.90. The summed E-state index contributed by atoms with van der Waals surface area (Å²) in [4.78, 5) is 24.2. The van der Waals surface area contributed by atoms with E-state index < -0.39 is 11.9 Å². The van der Waals surface area contributed by atoms with Crippen LogP contribution in [0.1, 0.15) is 21.8 Å². The summed E-state index contributed by atoms with van der Waals surface area (Å²) in [5.41, 5.74) is 1.12. The first kappa shape index (κ1) is 9.71. The van der Waals surface area contributed by atoms with Crippen molar-refractivity contribution in [2.24, 2.45) is 0 Å². The van der Waals surface area contributed by atoms with E-state index in [1.807, 2.05) is 0 Å². The van der Waals surface area contributed by atoms with E-state index in [0.29, 0.717) is 11.1 Å². The molecule has 1 heterocycles. The normalized spacial score (nSPS) is 19.9. The number of aliphatic carboxylic acids is 1. The number of rotatable bonds is 1. The van der Waals surface area contributed by atoms with Gasteiger partial charge in [0.25, 0.3) is 5.91 Å². The van der Waals surface area contributed by atoms with Crippen LogP contribution in [-0.2, 0) is 4.79 Å². The Morgan fingerprint density at radius 2 is 2.13 bits per heavy atom. The quantitative estimate of drug-likeness (QED) is 0.742. The third-order valence-electron chi connectivity index (χ3n) is 2.67. The zero-order valence-electron chi connectivity index (χ0n) is 8.30. The molecular formula is C11H11NO3. The van der Waals surface area contributed by atoms with Crippen molar-refractivity contribution in [3.8, 4) is 0 Å². The van der Waals surface area contributed by atoms with Crippen LogP contribution in [0.5, 0.6) is 0 Å². The first-order valence-corrected chi connectivity index (χ1v) is 4.68. The fourth-order valence-electron chi connectivity index (χ4n) is 1.87. The first-order chi connectivity index (χ1) is 7.11. The van der Waals surface area contributed by atoms with Gasteiger partial charge in [-0.15, -0.1) is 0 Å². The molecule has 1 unspecified atom stereocenters. The fourth-order valence-corrected chi connectivity index (χ4v) is 1.87. The molecule has 0 aromatic heterocycles. The predicted molar refractivity (Wildman–Crippen MR) is 53.8 cm³/mol. The van der Waals surface area contributed by atoms with E-state index in [1.54, 1.807) is 31.3 Å². The molecular weight excluding hydrogens is 194 g/mol. The highest BCUT2D eigenvalue weighted by Gasteiger charge is 2.32. The van der Waals surface area contributed by atoms with Crippen LogP contribution < -0.4 is 0 Å². The van der Waals surface area contributed by atoms with Gasteiger partial charge in [-0.05, 0) is 11.6 Å². The van der Waals surface area contributed by atoms with Crippen LogP contribution in [0.2, 0.25) is 0 Å². The second kappa shape index (κ2) is 3.38. The van der Waals surface area contributed by atoms with E-state index in [9.17, 15) is 9.59 Å². The molecule has 4 nitrogen and oxygen atoms in total. The smallest absolute Gasteiger partial charge is 0.312 e. The summed E-state index contributed by atoms with van der Waals surface area (Å²) in [6.45, 7) is 0.241. The summed E-state index contributed by atoms with van der Waals surface area (Å²) in [5, 5.41) is 9.05. The van der Waals surface area contributed by atoms with Gasteiger partial charge >= 0.3 is 5.97 Å². The van der Waals surface area contributed by atoms with Crippen LogP contribution in [0, 0.1) is 0 Å². The molecule has 4 heteroatoms. The fraction of sp³-hybridized carbons (Fsp3) is 0.273. The van der Waals surface area contributed by atoms with E-state index in [1.165, 1.54) is 4.90 Å². The Morgan fingerprint density at radius 3 is 2.80 bits per heavy atom. The molecule has 2 rings (SSSR count). The molecule has 0 bridgehead atoms. The van der Waals surface area contributed by atoms with Crippen LogP contribution in [0.15, 0.2) is 24.3 Å². The molecule has 1 aliphatic rings. The second-order valence-electron chi connectivity index (χ2n) is 3.66. The van der Waals surface area contributed by atoms with Crippen molar-refractivity contribution in [2.45, 2.75) is 5.92 Å². The van der Waals surface area contributed by atoms with E-state index in [-0.39, 0.29) is 12.5 Å². The molecule has 0 spiro atoms. The highest BCUT2D eigenvalue weighted by Crippen LogP contribution is 2.27. The van der Waals surface area contributed by atoms with Gasteiger partial charge in [-0.25, -0.2) is 0 Å². The molecule has 0 saturated heterocycles. The summed E-state index contributed by atoms with van der Waals surface area (Å²) >= 11 is 0. The number of benzene rings is 1. The Labute approximate surface area is 87.1 Å². The van der Waals surface area contributed by atoms with Crippen molar-refractivity contribution in [1.82, 2.24) is 4.90 Å². The summed E-state index contributed by atoms with van der Waals surface area (Å²) < 4.78 is 0. The van der Waals surface area contributed by atoms with Gasteiger partial charge in [0.15, 0.2) is 0 Å². The lowest BCUT2D eigenvalue weighted by Gasteiger charge is -2.29. The number of hydrogen-bond acceptors (Lipinski definition) is 2. The van der Waals surface area contributed by atoms with Gasteiger partial charge in [0.2, 0.25) is 0 Å². The number of likely N-dealkylation sites (N-methyl/N-ethyl adjacent to an activating group) is 1. The molecule has 1 aliphatic heterocycles. The average molecular weight is 205 g/mol. The van der Waals surface area contributed by atoms with Gasteiger partial charge in [0.1, 0.15) is 5.92 Å². The van der Waals surface area contributed by atoms with Crippen LogP contribution in [0.3, 0.4) is 0 Å². The Balaban J connectivity index is 2.54. The Hall–Kier alpha value is -1.84. The van der Waals surface area contributed by atoms with Crippen LogP contribution >= 0.6 is 0 Å². The summed E-state index contributed by atoms with van der Waals surface area (Å²) in [6, 6.07) is 6.88. The zero-order chi connectivity index (χ0) is 11.0.